The maximum absolute atomic E-state index is 12.6. The zero-order valence-electron chi connectivity index (χ0n) is 11.0. The third-order valence-electron chi connectivity index (χ3n) is 2.27. The van der Waals surface area contributed by atoms with Crippen LogP contribution >= 0.6 is 0 Å². The Morgan fingerprint density at radius 2 is 1.79 bits per heavy atom. The molecule has 2 atom stereocenters. The van der Waals surface area contributed by atoms with Crippen LogP contribution in [0, 0.1) is 5.92 Å². The first-order valence-electron chi connectivity index (χ1n) is 5.90. The Labute approximate surface area is 109 Å². The molecule has 0 aromatic heterocycles. The standard InChI is InChI=1S/C11H18F3NO4/c1-4-6-19-9(16)8(7(3)11(12,13)14)15-10(17)18-5-2/h7-8H,4-6H2,1-3H3,(H,15,17). The molecule has 0 fully saturated rings. The monoisotopic (exact) mass is 285 g/mol. The molecule has 0 saturated heterocycles. The number of ether oxygens (including phenoxy) is 2. The van der Waals surface area contributed by atoms with E-state index in [0.717, 1.165) is 6.92 Å². The number of nitrogens with one attached hydrogen (secondary N) is 1. The fourth-order valence-corrected chi connectivity index (χ4v) is 1.17. The highest BCUT2D eigenvalue weighted by atomic mass is 19.4. The molecular weight excluding hydrogens is 267 g/mol. The minimum atomic E-state index is -4.63. The highest BCUT2D eigenvalue weighted by Crippen LogP contribution is 2.29. The number of hydrogen-bond acceptors (Lipinski definition) is 4. The lowest BCUT2D eigenvalue weighted by atomic mass is 10.0. The van der Waals surface area contributed by atoms with E-state index in [-0.39, 0.29) is 13.2 Å². The van der Waals surface area contributed by atoms with E-state index in [0.29, 0.717) is 6.42 Å². The van der Waals surface area contributed by atoms with Gasteiger partial charge in [-0.05, 0) is 13.3 Å². The van der Waals surface area contributed by atoms with Crippen molar-refractivity contribution in [2.24, 2.45) is 5.92 Å². The molecule has 0 aromatic rings. The molecule has 8 heteroatoms. The van der Waals surface area contributed by atoms with Gasteiger partial charge >= 0.3 is 18.2 Å². The summed E-state index contributed by atoms with van der Waals surface area (Å²) in [5, 5.41) is 1.88. The van der Waals surface area contributed by atoms with E-state index >= 15 is 0 Å². The predicted octanol–water partition coefficient (Wildman–Crippen LogP) is 2.25. The number of hydrogen-bond donors (Lipinski definition) is 1. The number of carbonyl (C=O) groups is 2. The Hall–Kier alpha value is -1.47. The maximum atomic E-state index is 12.6. The van der Waals surface area contributed by atoms with Crippen LogP contribution in [0.25, 0.3) is 0 Å². The molecule has 2 unspecified atom stereocenters. The molecule has 112 valence electrons. The first-order chi connectivity index (χ1) is 8.73. The van der Waals surface area contributed by atoms with E-state index in [2.05, 4.69) is 9.47 Å². The number of alkyl carbamates (subject to hydrolysis) is 1. The van der Waals surface area contributed by atoms with Crippen LogP contribution in [0.3, 0.4) is 0 Å². The molecule has 0 radical (unpaired) electrons. The Morgan fingerprint density at radius 3 is 2.21 bits per heavy atom. The number of rotatable bonds is 6. The topological polar surface area (TPSA) is 64.6 Å². The van der Waals surface area contributed by atoms with Crippen molar-refractivity contribution in [1.29, 1.82) is 0 Å². The first-order valence-corrected chi connectivity index (χ1v) is 5.90. The molecule has 5 nitrogen and oxygen atoms in total. The lowest BCUT2D eigenvalue weighted by Crippen LogP contribution is -2.50. The van der Waals surface area contributed by atoms with E-state index in [1.807, 2.05) is 5.32 Å². The Bertz CT molecular complexity index is 307. The fourth-order valence-electron chi connectivity index (χ4n) is 1.17. The predicted molar refractivity (Wildman–Crippen MR) is 60.4 cm³/mol. The van der Waals surface area contributed by atoms with Gasteiger partial charge < -0.3 is 14.8 Å². The molecule has 1 amide bonds. The minimum Gasteiger partial charge on any atom is -0.464 e. The summed E-state index contributed by atoms with van der Waals surface area (Å²) >= 11 is 0. The van der Waals surface area contributed by atoms with Gasteiger partial charge in [-0.1, -0.05) is 13.8 Å². The van der Waals surface area contributed by atoms with Crippen molar-refractivity contribution < 1.29 is 32.2 Å². The lowest BCUT2D eigenvalue weighted by Gasteiger charge is -2.24. The van der Waals surface area contributed by atoms with E-state index < -0.39 is 30.2 Å². The van der Waals surface area contributed by atoms with Gasteiger partial charge in [0, 0.05) is 0 Å². The first kappa shape index (κ1) is 17.5. The van der Waals surface area contributed by atoms with Crippen LogP contribution in [-0.2, 0) is 14.3 Å². The van der Waals surface area contributed by atoms with Crippen molar-refractivity contribution in [1.82, 2.24) is 5.32 Å². The second-order valence-corrected chi connectivity index (χ2v) is 3.84. The average Bonchev–Trinajstić information content (AvgIpc) is 2.31. The number of amides is 1. The number of halogens is 3. The van der Waals surface area contributed by atoms with Crippen molar-refractivity contribution in [3.63, 3.8) is 0 Å². The summed E-state index contributed by atoms with van der Waals surface area (Å²) in [5.74, 6) is -3.19. The highest BCUT2D eigenvalue weighted by molar-refractivity contribution is 5.81. The quantitative estimate of drug-likeness (QED) is 0.760. The second-order valence-electron chi connectivity index (χ2n) is 3.84. The van der Waals surface area contributed by atoms with Crippen molar-refractivity contribution >= 4 is 12.1 Å². The summed E-state index contributed by atoms with van der Waals surface area (Å²) in [4.78, 5) is 22.7. The zero-order valence-corrected chi connectivity index (χ0v) is 11.0. The Morgan fingerprint density at radius 1 is 1.21 bits per heavy atom. The van der Waals surface area contributed by atoms with Crippen LogP contribution in [0.4, 0.5) is 18.0 Å². The van der Waals surface area contributed by atoms with E-state index in [1.54, 1.807) is 6.92 Å². The van der Waals surface area contributed by atoms with Crippen LogP contribution in [-0.4, -0.2) is 37.5 Å². The average molecular weight is 285 g/mol. The molecule has 1 N–H and O–H groups in total. The number of esters is 1. The summed E-state index contributed by atoms with van der Waals surface area (Å²) in [7, 11) is 0. The van der Waals surface area contributed by atoms with E-state index in [9.17, 15) is 22.8 Å². The van der Waals surface area contributed by atoms with Crippen molar-refractivity contribution in [3.8, 4) is 0 Å². The fraction of sp³-hybridized carbons (Fsp3) is 0.818. The summed E-state index contributed by atoms with van der Waals surface area (Å²) in [6, 6.07) is -1.81. The third-order valence-corrected chi connectivity index (χ3v) is 2.27. The molecule has 0 aliphatic heterocycles. The second kappa shape index (κ2) is 7.85. The number of carbonyl (C=O) groups excluding carboxylic acids is 2. The van der Waals surface area contributed by atoms with Gasteiger partial charge in [0.25, 0.3) is 0 Å². The minimum absolute atomic E-state index is 0.00951. The van der Waals surface area contributed by atoms with Gasteiger partial charge in [0.15, 0.2) is 0 Å². The summed E-state index contributed by atoms with van der Waals surface area (Å²) in [6.07, 6.45) is -5.25. The van der Waals surface area contributed by atoms with Gasteiger partial charge in [0.1, 0.15) is 6.04 Å². The summed E-state index contributed by atoms with van der Waals surface area (Å²) in [6.45, 7) is 3.98. The van der Waals surface area contributed by atoms with Crippen molar-refractivity contribution in [3.05, 3.63) is 0 Å². The SMILES string of the molecule is CCCOC(=O)C(NC(=O)OCC)C(C)C(F)(F)F. The highest BCUT2D eigenvalue weighted by Gasteiger charge is 2.45. The largest absolute Gasteiger partial charge is 0.464 e. The van der Waals surface area contributed by atoms with E-state index in [4.69, 9.17) is 0 Å². The molecule has 0 heterocycles. The molecule has 0 aromatic carbocycles. The summed E-state index contributed by atoms with van der Waals surface area (Å²) < 4.78 is 47.0. The van der Waals surface area contributed by atoms with Gasteiger partial charge in [-0.3, -0.25) is 0 Å². The molecule has 0 aliphatic carbocycles. The van der Waals surface area contributed by atoms with Gasteiger partial charge in [0.2, 0.25) is 0 Å². The van der Waals surface area contributed by atoms with Crippen LogP contribution in [0.1, 0.15) is 27.2 Å². The molecule has 0 saturated carbocycles. The smallest absolute Gasteiger partial charge is 0.407 e. The summed E-state index contributed by atoms with van der Waals surface area (Å²) in [5.41, 5.74) is 0. The van der Waals surface area contributed by atoms with Crippen molar-refractivity contribution in [2.75, 3.05) is 13.2 Å². The zero-order chi connectivity index (χ0) is 15.1. The molecular formula is C11H18F3NO4. The van der Waals surface area contributed by atoms with Gasteiger partial charge in [0.05, 0.1) is 19.1 Å². The Kier molecular flexibility index (Phi) is 7.25. The van der Waals surface area contributed by atoms with Crippen molar-refractivity contribution in [2.45, 2.75) is 39.4 Å². The van der Waals surface area contributed by atoms with Crippen LogP contribution in [0.5, 0.6) is 0 Å². The van der Waals surface area contributed by atoms with Crippen LogP contribution < -0.4 is 5.32 Å². The van der Waals surface area contributed by atoms with Gasteiger partial charge in [-0.25, -0.2) is 9.59 Å². The lowest BCUT2D eigenvalue weighted by molar-refractivity contribution is -0.186. The van der Waals surface area contributed by atoms with Gasteiger partial charge in [-0.2, -0.15) is 13.2 Å². The molecule has 0 aliphatic rings. The third kappa shape index (κ3) is 6.30. The van der Waals surface area contributed by atoms with Gasteiger partial charge in [-0.15, -0.1) is 0 Å². The number of alkyl halides is 3. The van der Waals surface area contributed by atoms with Crippen LogP contribution in [0.15, 0.2) is 0 Å². The Balaban J connectivity index is 4.82. The molecule has 0 rings (SSSR count). The maximum Gasteiger partial charge on any atom is 0.407 e. The molecule has 0 spiro atoms. The van der Waals surface area contributed by atoms with E-state index in [1.165, 1.54) is 6.92 Å². The van der Waals surface area contributed by atoms with Crippen LogP contribution in [0.2, 0.25) is 0 Å². The molecule has 19 heavy (non-hydrogen) atoms. The normalized spacial score (nSPS) is 14.4. The molecule has 0 bridgehead atoms.